The van der Waals surface area contributed by atoms with E-state index in [1.807, 2.05) is 6.92 Å². The third-order valence-corrected chi connectivity index (χ3v) is 4.89. The van der Waals surface area contributed by atoms with Crippen LogP contribution in [0.25, 0.3) is 0 Å². The maximum absolute atomic E-state index is 12.6. The SMILES string of the molecule is CCCNC(=S)Nc1ccc(S(=O)(=O)Nc2cc(OC)nc(OC)n2)cc1. The molecule has 0 unspecified atom stereocenters. The highest BCUT2D eigenvalue weighted by Crippen LogP contribution is 2.21. The van der Waals surface area contributed by atoms with Crippen LogP contribution in [0.5, 0.6) is 11.9 Å². The van der Waals surface area contributed by atoms with Crippen molar-refractivity contribution >= 4 is 38.9 Å². The van der Waals surface area contributed by atoms with Gasteiger partial charge in [-0.15, -0.1) is 0 Å². The maximum atomic E-state index is 12.6. The minimum atomic E-state index is -3.85. The molecule has 0 aliphatic rings. The van der Waals surface area contributed by atoms with E-state index < -0.39 is 10.0 Å². The molecule has 0 bridgehead atoms. The number of thiocarbonyl (C=S) groups is 1. The molecule has 0 radical (unpaired) electrons. The van der Waals surface area contributed by atoms with E-state index in [9.17, 15) is 8.42 Å². The topological polar surface area (TPSA) is 114 Å². The van der Waals surface area contributed by atoms with Crippen molar-refractivity contribution in [2.45, 2.75) is 18.2 Å². The van der Waals surface area contributed by atoms with Crippen molar-refractivity contribution in [3.8, 4) is 11.9 Å². The van der Waals surface area contributed by atoms with Crippen LogP contribution in [0.4, 0.5) is 11.5 Å². The Morgan fingerprint density at radius 2 is 1.85 bits per heavy atom. The fourth-order valence-electron chi connectivity index (χ4n) is 1.98. The van der Waals surface area contributed by atoms with Crippen LogP contribution in [0, 0.1) is 0 Å². The van der Waals surface area contributed by atoms with Gasteiger partial charge in [0.15, 0.2) is 10.9 Å². The lowest BCUT2D eigenvalue weighted by Crippen LogP contribution is -2.28. The number of nitrogens with zero attached hydrogens (tertiary/aromatic N) is 2. The van der Waals surface area contributed by atoms with Gasteiger partial charge in [0.25, 0.3) is 10.0 Å². The molecule has 0 aliphatic heterocycles. The number of aromatic nitrogens is 2. The minimum Gasteiger partial charge on any atom is -0.481 e. The van der Waals surface area contributed by atoms with Crippen molar-refractivity contribution in [1.29, 1.82) is 0 Å². The van der Waals surface area contributed by atoms with E-state index in [2.05, 4.69) is 25.3 Å². The van der Waals surface area contributed by atoms with E-state index in [0.29, 0.717) is 10.8 Å². The molecule has 2 rings (SSSR count). The number of nitrogens with one attached hydrogen (secondary N) is 3. The lowest BCUT2D eigenvalue weighted by molar-refractivity contribution is 0.353. The zero-order valence-corrected chi connectivity index (χ0v) is 16.8. The Bertz CT molecular complexity index is 866. The second-order valence-electron chi connectivity index (χ2n) is 5.29. The highest BCUT2D eigenvalue weighted by molar-refractivity contribution is 7.92. The van der Waals surface area contributed by atoms with E-state index in [1.165, 1.54) is 32.4 Å². The Kier molecular flexibility index (Phi) is 7.13. The fraction of sp³-hybridized carbons (Fsp3) is 0.312. The van der Waals surface area contributed by atoms with Crippen molar-refractivity contribution < 1.29 is 17.9 Å². The summed E-state index contributed by atoms with van der Waals surface area (Å²) in [4.78, 5) is 7.94. The third-order valence-electron chi connectivity index (χ3n) is 3.27. The second-order valence-corrected chi connectivity index (χ2v) is 7.38. The van der Waals surface area contributed by atoms with Gasteiger partial charge in [-0.1, -0.05) is 6.92 Å². The van der Waals surface area contributed by atoms with Crippen LogP contribution >= 0.6 is 12.2 Å². The highest BCUT2D eigenvalue weighted by Gasteiger charge is 2.17. The molecule has 0 amide bonds. The first kappa shape index (κ1) is 20.6. The predicted octanol–water partition coefficient (Wildman–Crippen LogP) is 1.99. The second kappa shape index (κ2) is 9.33. The van der Waals surface area contributed by atoms with Crippen LogP contribution < -0.4 is 24.8 Å². The Balaban J connectivity index is 2.14. The van der Waals surface area contributed by atoms with Crippen molar-refractivity contribution in [2.75, 3.05) is 30.8 Å². The Hall–Kier alpha value is -2.66. The molecule has 0 aliphatic carbocycles. The van der Waals surface area contributed by atoms with Gasteiger partial charge < -0.3 is 20.1 Å². The summed E-state index contributed by atoms with van der Waals surface area (Å²) in [5.74, 6) is 0.207. The van der Waals surface area contributed by atoms with Crippen molar-refractivity contribution in [1.82, 2.24) is 15.3 Å². The van der Waals surface area contributed by atoms with E-state index in [-0.39, 0.29) is 22.6 Å². The Morgan fingerprint density at radius 3 is 2.44 bits per heavy atom. The average Bonchev–Trinajstić information content (AvgIpc) is 2.66. The minimum absolute atomic E-state index is 0.0142. The third kappa shape index (κ3) is 5.93. The number of sulfonamides is 1. The standard InChI is InChI=1S/C16H21N5O4S2/c1-4-9-17-16(26)18-11-5-7-12(8-6-11)27(22,23)21-13-10-14(24-2)20-15(19-13)25-3/h5-8,10H,4,9H2,1-3H3,(H2,17,18,26)(H,19,20,21). The average molecular weight is 412 g/mol. The predicted molar refractivity (Wildman–Crippen MR) is 107 cm³/mol. The summed E-state index contributed by atoms with van der Waals surface area (Å²) >= 11 is 5.15. The van der Waals surface area contributed by atoms with Crippen LogP contribution in [0.2, 0.25) is 0 Å². The first-order valence-corrected chi connectivity index (χ1v) is 9.92. The quantitative estimate of drug-likeness (QED) is 0.561. The lowest BCUT2D eigenvalue weighted by atomic mass is 10.3. The van der Waals surface area contributed by atoms with Gasteiger partial charge in [-0.3, -0.25) is 4.72 Å². The fourth-order valence-corrected chi connectivity index (χ4v) is 3.19. The first-order valence-electron chi connectivity index (χ1n) is 8.02. The molecule has 0 atom stereocenters. The zero-order chi connectivity index (χ0) is 19.9. The normalized spacial score (nSPS) is 10.8. The molecular weight excluding hydrogens is 390 g/mol. The van der Waals surface area contributed by atoms with Gasteiger partial charge >= 0.3 is 6.01 Å². The van der Waals surface area contributed by atoms with E-state index in [0.717, 1.165) is 13.0 Å². The molecule has 0 saturated carbocycles. The summed E-state index contributed by atoms with van der Waals surface area (Å²) in [6.07, 6.45) is 0.948. The summed E-state index contributed by atoms with van der Waals surface area (Å²) in [5.41, 5.74) is 0.674. The van der Waals surface area contributed by atoms with E-state index >= 15 is 0 Å². The summed E-state index contributed by atoms with van der Waals surface area (Å²) < 4.78 is 37.4. The molecule has 1 aromatic heterocycles. The van der Waals surface area contributed by atoms with Crippen molar-refractivity contribution in [2.24, 2.45) is 0 Å². The molecule has 11 heteroatoms. The van der Waals surface area contributed by atoms with Gasteiger partial charge in [0.1, 0.15) is 0 Å². The summed E-state index contributed by atoms with van der Waals surface area (Å²) in [7, 11) is -1.07. The molecule has 0 fully saturated rings. The number of hydrogen-bond acceptors (Lipinski definition) is 7. The van der Waals surface area contributed by atoms with Crippen molar-refractivity contribution in [3.05, 3.63) is 30.3 Å². The number of rotatable bonds is 8. The number of methoxy groups -OCH3 is 2. The molecule has 1 heterocycles. The molecule has 9 nitrogen and oxygen atoms in total. The maximum Gasteiger partial charge on any atom is 0.321 e. The molecule has 2 aromatic rings. The zero-order valence-electron chi connectivity index (χ0n) is 15.1. The van der Waals surface area contributed by atoms with Crippen LogP contribution in [0.3, 0.4) is 0 Å². The lowest BCUT2D eigenvalue weighted by Gasteiger charge is -2.11. The number of anilines is 2. The van der Waals surface area contributed by atoms with Crippen LogP contribution in [-0.4, -0.2) is 44.3 Å². The van der Waals surface area contributed by atoms with Gasteiger partial charge in [-0.05, 0) is 42.9 Å². The molecule has 0 saturated heterocycles. The Labute approximate surface area is 163 Å². The Morgan fingerprint density at radius 1 is 1.15 bits per heavy atom. The van der Waals surface area contributed by atoms with Crippen molar-refractivity contribution in [3.63, 3.8) is 0 Å². The van der Waals surface area contributed by atoms with Gasteiger partial charge in [0.2, 0.25) is 5.88 Å². The summed E-state index contributed by atoms with van der Waals surface area (Å²) in [5, 5.41) is 6.50. The molecule has 1 aromatic carbocycles. The summed E-state index contributed by atoms with van der Waals surface area (Å²) in [6, 6.07) is 7.50. The molecule has 27 heavy (non-hydrogen) atoms. The largest absolute Gasteiger partial charge is 0.481 e. The highest BCUT2D eigenvalue weighted by atomic mass is 32.2. The van der Waals surface area contributed by atoms with Gasteiger partial charge in [0.05, 0.1) is 19.1 Å². The first-order chi connectivity index (χ1) is 12.9. The van der Waals surface area contributed by atoms with Crippen LogP contribution in [0.15, 0.2) is 35.2 Å². The summed E-state index contributed by atoms with van der Waals surface area (Å²) in [6.45, 7) is 2.79. The molecule has 0 spiro atoms. The van der Waals surface area contributed by atoms with E-state index in [4.69, 9.17) is 21.7 Å². The molecule has 146 valence electrons. The number of benzene rings is 1. The number of ether oxygens (including phenoxy) is 2. The van der Waals surface area contributed by atoms with E-state index in [1.54, 1.807) is 12.1 Å². The number of hydrogen-bond donors (Lipinski definition) is 3. The smallest absolute Gasteiger partial charge is 0.321 e. The monoisotopic (exact) mass is 411 g/mol. The molecule has 3 N–H and O–H groups in total. The van der Waals surface area contributed by atoms with Gasteiger partial charge in [0, 0.05) is 18.3 Å². The van der Waals surface area contributed by atoms with Gasteiger partial charge in [-0.25, -0.2) is 8.42 Å². The van der Waals surface area contributed by atoms with Crippen LogP contribution in [0.1, 0.15) is 13.3 Å². The van der Waals surface area contributed by atoms with Gasteiger partial charge in [-0.2, -0.15) is 9.97 Å². The van der Waals surface area contributed by atoms with Crippen LogP contribution in [-0.2, 0) is 10.0 Å². The molecular formula is C16H21N5O4S2.